The molecular formula is C15H20ClN5O3. The topological polar surface area (TPSA) is 113 Å². The highest BCUT2D eigenvalue weighted by Gasteiger charge is 2.55. The lowest BCUT2D eigenvalue weighted by molar-refractivity contribution is -0.145. The van der Waals surface area contributed by atoms with Crippen molar-refractivity contribution in [1.82, 2.24) is 14.9 Å². The van der Waals surface area contributed by atoms with E-state index < -0.39 is 17.4 Å². The van der Waals surface area contributed by atoms with Crippen LogP contribution in [0, 0.1) is 12.8 Å². The van der Waals surface area contributed by atoms with Crippen molar-refractivity contribution in [3.8, 4) is 0 Å². The third kappa shape index (κ3) is 2.45. The first-order valence-electron chi connectivity index (χ1n) is 7.80. The molecule has 2 aliphatic heterocycles. The molecule has 2 aliphatic rings. The van der Waals surface area contributed by atoms with Crippen LogP contribution in [0.2, 0.25) is 5.02 Å². The van der Waals surface area contributed by atoms with Crippen molar-refractivity contribution >= 4 is 35.2 Å². The molecule has 3 rings (SSSR count). The largest absolute Gasteiger partial charge is 0.481 e. The first-order valence-corrected chi connectivity index (χ1v) is 8.18. The fraction of sp³-hybridized carbons (Fsp3) is 0.600. The molecule has 9 heteroatoms. The molecular weight excluding hydrogens is 334 g/mol. The van der Waals surface area contributed by atoms with Gasteiger partial charge < -0.3 is 20.6 Å². The van der Waals surface area contributed by atoms with E-state index in [1.54, 1.807) is 18.9 Å². The number of piperidine rings is 1. The van der Waals surface area contributed by atoms with Gasteiger partial charge in [0, 0.05) is 26.6 Å². The number of amides is 1. The Hall–Kier alpha value is -2.09. The molecule has 8 nitrogen and oxygen atoms in total. The molecule has 2 fully saturated rings. The Morgan fingerprint density at radius 3 is 2.58 bits per heavy atom. The van der Waals surface area contributed by atoms with Crippen LogP contribution < -0.4 is 10.6 Å². The third-order valence-corrected chi connectivity index (χ3v) is 5.76. The summed E-state index contributed by atoms with van der Waals surface area (Å²) in [4.78, 5) is 35.5. The van der Waals surface area contributed by atoms with Crippen LogP contribution in [0.1, 0.15) is 25.0 Å². The van der Waals surface area contributed by atoms with Crippen molar-refractivity contribution in [3.05, 3.63) is 10.7 Å². The molecule has 0 saturated carbocycles. The van der Waals surface area contributed by atoms with Crippen molar-refractivity contribution in [2.24, 2.45) is 5.92 Å². The number of nitrogens with zero attached hydrogens (tertiary/aromatic N) is 4. The minimum atomic E-state index is -0.915. The maximum atomic E-state index is 12.0. The molecule has 1 aromatic heterocycles. The van der Waals surface area contributed by atoms with E-state index in [1.165, 1.54) is 0 Å². The molecule has 1 amide bonds. The summed E-state index contributed by atoms with van der Waals surface area (Å²) >= 11 is 6.30. The summed E-state index contributed by atoms with van der Waals surface area (Å²) in [5.41, 5.74) is 5.68. The molecule has 1 aromatic rings. The number of halogens is 1. The lowest BCUT2D eigenvalue weighted by Crippen LogP contribution is -2.56. The average Bonchev–Trinajstić information content (AvgIpc) is 2.77. The van der Waals surface area contributed by atoms with E-state index in [1.807, 2.05) is 4.90 Å². The number of rotatable bonds is 2. The van der Waals surface area contributed by atoms with Gasteiger partial charge in [0.1, 0.15) is 5.02 Å². The zero-order valence-corrected chi connectivity index (χ0v) is 14.4. The third-order valence-electron chi connectivity index (χ3n) is 5.31. The van der Waals surface area contributed by atoms with E-state index in [2.05, 4.69) is 9.97 Å². The maximum Gasteiger partial charge on any atom is 0.309 e. The van der Waals surface area contributed by atoms with Crippen LogP contribution in [-0.4, -0.2) is 57.5 Å². The van der Waals surface area contributed by atoms with Crippen LogP contribution in [0.25, 0.3) is 0 Å². The Morgan fingerprint density at radius 2 is 2.00 bits per heavy atom. The average molecular weight is 354 g/mol. The van der Waals surface area contributed by atoms with Crippen LogP contribution in [0.15, 0.2) is 0 Å². The molecule has 0 radical (unpaired) electrons. The van der Waals surface area contributed by atoms with Crippen LogP contribution in [-0.2, 0) is 9.59 Å². The van der Waals surface area contributed by atoms with Crippen molar-refractivity contribution in [2.45, 2.75) is 31.7 Å². The predicted octanol–water partition coefficient (Wildman–Crippen LogP) is 0.923. The van der Waals surface area contributed by atoms with Crippen LogP contribution >= 0.6 is 11.6 Å². The summed E-state index contributed by atoms with van der Waals surface area (Å²) in [6, 6.07) is 0. The molecule has 0 unspecified atom stereocenters. The van der Waals surface area contributed by atoms with Gasteiger partial charge in [-0.05, 0) is 19.8 Å². The molecule has 130 valence electrons. The monoisotopic (exact) mass is 353 g/mol. The summed E-state index contributed by atoms with van der Waals surface area (Å²) < 4.78 is 0. The first kappa shape index (κ1) is 16.8. The van der Waals surface area contributed by atoms with Gasteiger partial charge in [-0.25, -0.2) is 4.98 Å². The second-order valence-electron chi connectivity index (χ2n) is 6.44. The van der Waals surface area contributed by atoms with Gasteiger partial charge in [-0.1, -0.05) is 11.6 Å². The summed E-state index contributed by atoms with van der Waals surface area (Å²) in [6.07, 6.45) is 1.16. The standard InChI is InChI=1S/C15H20ClN5O3/c1-8-11(16)12(19-14(17)18-8)21-5-3-15(4-6-21)9(13(23)24)7-10(22)20(15)2/h9H,3-7H2,1-2H3,(H,23,24)(H2,17,18,19)/t9-/m0/s1. The van der Waals surface area contributed by atoms with Gasteiger partial charge in [-0.2, -0.15) is 4.98 Å². The Bertz CT molecular complexity index is 703. The summed E-state index contributed by atoms with van der Waals surface area (Å²) in [5, 5.41) is 9.97. The summed E-state index contributed by atoms with van der Waals surface area (Å²) in [5.74, 6) is -0.985. The van der Waals surface area contributed by atoms with Crippen molar-refractivity contribution in [2.75, 3.05) is 30.8 Å². The van der Waals surface area contributed by atoms with Crippen LogP contribution in [0.4, 0.5) is 11.8 Å². The van der Waals surface area contributed by atoms with Gasteiger partial charge in [0.25, 0.3) is 0 Å². The number of carbonyl (C=O) groups is 2. The number of carboxylic acids is 1. The van der Waals surface area contributed by atoms with E-state index in [9.17, 15) is 14.7 Å². The predicted molar refractivity (Wildman–Crippen MR) is 88.9 cm³/mol. The van der Waals surface area contributed by atoms with Crippen LogP contribution in [0.5, 0.6) is 0 Å². The number of hydrogen-bond acceptors (Lipinski definition) is 6. The highest BCUT2D eigenvalue weighted by Crippen LogP contribution is 2.44. The smallest absolute Gasteiger partial charge is 0.309 e. The van der Waals surface area contributed by atoms with Crippen molar-refractivity contribution in [1.29, 1.82) is 0 Å². The number of carboxylic acid groups (broad SMARTS) is 1. The Morgan fingerprint density at radius 1 is 1.38 bits per heavy atom. The normalized spacial score (nSPS) is 23.1. The maximum absolute atomic E-state index is 12.0. The molecule has 24 heavy (non-hydrogen) atoms. The quantitative estimate of drug-likeness (QED) is 0.812. The van der Waals surface area contributed by atoms with Crippen molar-refractivity contribution in [3.63, 3.8) is 0 Å². The number of carbonyl (C=O) groups excluding carboxylic acids is 1. The van der Waals surface area contributed by atoms with Gasteiger partial charge in [-0.3, -0.25) is 9.59 Å². The number of nitrogen functional groups attached to an aromatic ring is 1. The first-order chi connectivity index (χ1) is 11.3. The van der Waals surface area contributed by atoms with E-state index in [4.69, 9.17) is 17.3 Å². The molecule has 1 atom stereocenters. The number of likely N-dealkylation sites (tertiary alicyclic amines) is 1. The lowest BCUT2D eigenvalue weighted by atomic mass is 9.77. The molecule has 1 spiro atoms. The summed E-state index contributed by atoms with van der Waals surface area (Å²) in [6.45, 7) is 2.87. The lowest BCUT2D eigenvalue weighted by Gasteiger charge is -2.45. The van der Waals surface area contributed by atoms with Gasteiger partial charge in [-0.15, -0.1) is 0 Å². The number of aryl methyl sites for hydroxylation is 1. The number of hydrogen-bond donors (Lipinski definition) is 2. The molecule has 2 saturated heterocycles. The van der Waals surface area contributed by atoms with E-state index in [0.29, 0.717) is 42.5 Å². The fourth-order valence-corrected chi connectivity index (χ4v) is 4.07. The van der Waals surface area contributed by atoms with Gasteiger partial charge in [0.2, 0.25) is 11.9 Å². The Labute approximate surface area is 144 Å². The Kier molecular flexibility index (Phi) is 4.03. The van der Waals surface area contributed by atoms with Gasteiger partial charge in [0.15, 0.2) is 5.82 Å². The van der Waals surface area contributed by atoms with Gasteiger partial charge in [0.05, 0.1) is 17.2 Å². The number of anilines is 2. The second-order valence-corrected chi connectivity index (χ2v) is 6.82. The number of nitrogens with two attached hydrogens (primary N) is 1. The fourth-order valence-electron chi connectivity index (χ4n) is 3.87. The molecule has 0 aromatic carbocycles. The minimum Gasteiger partial charge on any atom is -0.481 e. The second kappa shape index (κ2) is 5.77. The molecule has 3 N–H and O–H groups in total. The molecule has 3 heterocycles. The number of aromatic nitrogens is 2. The molecule has 0 bridgehead atoms. The molecule has 0 aliphatic carbocycles. The van der Waals surface area contributed by atoms with Crippen LogP contribution in [0.3, 0.4) is 0 Å². The minimum absolute atomic E-state index is 0.0617. The zero-order chi connectivity index (χ0) is 17.6. The van der Waals surface area contributed by atoms with E-state index in [-0.39, 0.29) is 18.3 Å². The summed E-state index contributed by atoms with van der Waals surface area (Å²) in [7, 11) is 1.70. The van der Waals surface area contributed by atoms with Crippen molar-refractivity contribution < 1.29 is 14.7 Å². The highest BCUT2D eigenvalue weighted by molar-refractivity contribution is 6.33. The van der Waals surface area contributed by atoms with Gasteiger partial charge >= 0.3 is 5.97 Å². The van der Waals surface area contributed by atoms with E-state index >= 15 is 0 Å². The zero-order valence-electron chi connectivity index (χ0n) is 13.6. The number of aliphatic carboxylic acids is 1. The Balaban J connectivity index is 1.85. The highest BCUT2D eigenvalue weighted by atomic mass is 35.5. The SMILES string of the molecule is Cc1nc(N)nc(N2CCC3(CC2)[C@H](C(=O)O)CC(=O)N3C)c1Cl. The van der Waals surface area contributed by atoms with E-state index in [0.717, 1.165) is 0 Å².